The van der Waals surface area contributed by atoms with E-state index in [0.29, 0.717) is 32.0 Å². The first-order chi connectivity index (χ1) is 13.0. The van der Waals surface area contributed by atoms with Crippen LogP contribution in [0.15, 0.2) is 45.0 Å². The van der Waals surface area contributed by atoms with Gasteiger partial charge in [0.05, 0.1) is 12.6 Å². The lowest BCUT2D eigenvalue weighted by Crippen LogP contribution is -2.45. The first-order valence-electron chi connectivity index (χ1n) is 8.92. The number of nitrogens with zero attached hydrogens (tertiary/aromatic N) is 6. The maximum absolute atomic E-state index is 12.9. The minimum absolute atomic E-state index is 0.173. The van der Waals surface area contributed by atoms with Gasteiger partial charge in [0.25, 0.3) is 5.56 Å². The Morgan fingerprint density at radius 1 is 1.30 bits per heavy atom. The average molecular weight is 369 g/mol. The quantitative estimate of drug-likeness (QED) is 0.485. The van der Waals surface area contributed by atoms with Gasteiger partial charge in [0.2, 0.25) is 0 Å². The zero-order valence-corrected chi connectivity index (χ0v) is 15.3. The molecule has 0 amide bonds. The van der Waals surface area contributed by atoms with Gasteiger partial charge in [-0.05, 0) is 29.5 Å². The number of nitrogens with two attached hydrogens (primary N) is 1. The number of azide groups is 1. The van der Waals surface area contributed by atoms with Gasteiger partial charge in [0.1, 0.15) is 5.82 Å². The molecular weight excluding hydrogens is 346 g/mol. The van der Waals surface area contributed by atoms with Gasteiger partial charge in [-0.3, -0.25) is 13.9 Å². The van der Waals surface area contributed by atoms with Crippen LogP contribution in [-0.2, 0) is 20.1 Å². The fourth-order valence-corrected chi connectivity index (χ4v) is 3.48. The third-order valence-corrected chi connectivity index (χ3v) is 4.98. The average Bonchev–Trinajstić information content (AvgIpc) is 2.69. The van der Waals surface area contributed by atoms with Crippen LogP contribution in [-0.4, -0.2) is 28.3 Å². The number of aromatic nitrogens is 2. The molecule has 2 aromatic rings. The molecular formula is C18H23N7O2. The van der Waals surface area contributed by atoms with Crippen molar-refractivity contribution in [1.82, 2.24) is 9.13 Å². The molecule has 1 aromatic heterocycles. The molecule has 0 aliphatic carbocycles. The number of hydrogen-bond acceptors (Lipinski definition) is 5. The Hall–Kier alpha value is -3.03. The minimum Gasteiger partial charge on any atom is -0.357 e. The van der Waals surface area contributed by atoms with Crippen molar-refractivity contribution in [2.24, 2.45) is 17.9 Å². The molecule has 1 fully saturated rings. The molecule has 0 unspecified atom stereocenters. The second-order valence-electron chi connectivity index (χ2n) is 6.69. The zero-order chi connectivity index (χ0) is 19.4. The summed E-state index contributed by atoms with van der Waals surface area (Å²) >= 11 is 0. The summed E-state index contributed by atoms with van der Waals surface area (Å²) in [7, 11) is 1.47. The summed E-state index contributed by atoms with van der Waals surface area (Å²) in [5.41, 5.74) is 15.7. The predicted octanol–water partition coefficient (Wildman–Crippen LogP) is 1.33. The second kappa shape index (κ2) is 8.11. The topological polar surface area (TPSA) is 122 Å². The van der Waals surface area contributed by atoms with E-state index in [4.69, 9.17) is 11.3 Å². The van der Waals surface area contributed by atoms with Crippen molar-refractivity contribution < 1.29 is 0 Å². The number of rotatable bonds is 5. The van der Waals surface area contributed by atoms with E-state index in [1.165, 1.54) is 13.1 Å². The molecule has 0 spiro atoms. The minimum atomic E-state index is -0.379. The molecule has 1 aliphatic rings. The number of hydrogen-bond donors (Lipinski definition) is 1. The highest BCUT2D eigenvalue weighted by Gasteiger charge is 2.23. The molecule has 142 valence electrons. The lowest BCUT2D eigenvalue weighted by molar-refractivity contribution is 0.490. The fourth-order valence-electron chi connectivity index (χ4n) is 3.48. The van der Waals surface area contributed by atoms with Crippen molar-refractivity contribution in [3.63, 3.8) is 0 Å². The normalized spacial score (nSPS) is 16.8. The summed E-state index contributed by atoms with van der Waals surface area (Å²) in [5.74, 6) is 0.549. The summed E-state index contributed by atoms with van der Waals surface area (Å²) in [6.07, 6.45) is 1.62. The molecule has 27 heavy (non-hydrogen) atoms. The Kier molecular flexibility index (Phi) is 5.63. The lowest BCUT2D eigenvalue weighted by Gasteiger charge is -2.33. The summed E-state index contributed by atoms with van der Waals surface area (Å²) in [6, 6.07) is 8.98. The van der Waals surface area contributed by atoms with Gasteiger partial charge < -0.3 is 10.6 Å². The van der Waals surface area contributed by atoms with Crippen LogP contribution < -0.4 is 21.9 Å². The van der Waals surface area contributed by atoms with Crippen LogP contribution in [0.2, 0.25) is 0 Å². The molecule has 0 radical (unpaired) electrons. The van der Waals surface area contributed by atoms with E-state index >= 15 is 0 Å². The molecule has 9 heteroatoms. The van der Waals surface area contributed by atoms with E-state index in [2.05, 4.69) is 10.0 Å². The highest BCUT2D eigenvalue weighted by atomic mass is 16.2. The molecule has 1 atom stereocenters. The monoisotopic (exact) mass is 369 g/mol. The summed E-state index contributed by atoms with van der Waals surface area (Å²) < 4.78 is 2.69. The molecule has 9 nitrogen and oxygen atoms in total. The van der Waals surface area contributed by atoms with Gasteiger partial charge in [-0.25, -0.2) is 4.79 Å². The lowest BCUT2D eigenvalue weighted by atomic mass is 10.1. The van der Waals surface area contributed by atoms with E-state index in [1.807, 2.05) is 29.2 Å². The van der Waals surface area contributed by atoms with Crippen molar-refractivity contribution >= 4 is 5.82 Å². The van der Waals surface area contributed by atoms with Crippen molar-refractivity contribution in [2.45, 2.75) is 32.0 Å². The Bertz CT molecular complexity index is 988. The highest BCUT2D eigenvalue weighted by molar-refractivity contribution is 5.41. The summed E-state index contributed by atoms with van der Waals surface area (Å²) in [4.78, 5) is 30.0. The van der Waals surface area contributed by atoms with E-state index in [1.54, 1.807) is 4.57 Å². The molecule has 1 aliphatic heterocycles. The largest absolute Gasteiger partial charge is 0.357 e. The predicted molar refractivity (Wildman–Crippen MR) is 104 cm³/mol. The Morgan fingerprint density at radius 2 is 2.04 bits per heavy atom. The first-order valence-corrected chi connectivity index (χ1v) is 8.92. The standard InChI is InChI=1S/C18H23N7O2/c1-23-17(26)9-16(24-8-4-7-15(12-24)21-22-20)25(18(23)27)11-14-6-3-2-5-13(14)10-19/h2-3,5-6,9,15H,4,7-8,10-12,19H2,1H3/t15-/m1/s1. The van der Waals surface area contributed by atoms with Gasteiger partial charge in [-0.1, -0.05) is 29.4 Å². The maximum Gasteiger partial charge on any atom is 0.332 e. The van der Waals surface area contributed by atoms with E-state index in [0.717, 1.165) is 28.5 Å². The fraction of sp³-hybridized carbons (Fsp3) is 0.444. The molecule has 0 bridgehead atoms. The number of benzene rings is 1. The van der Waals surface area contributed by atoms with Gasteiger partial charge >= 0.3 is 5.69 Å². The second-order valence-corrected chi connectivity index (χ2v) is 6.69. The van der Waals surface area contributed by atoms with Crippen LogP contribution in [0, 0.1) is 0 Å². The van der Waals surface area contributed by atoms with Gasteiger partial charge in [-0.2, -0.15) is 0 Å². The van der Waals surface area contributed by atoms with Crippen molar-refractivity contribution in [3.8, 4) is 0 Å². The van der Waals surface area contributed by atoms with Crippen LogP contribution >= 0.6 is 0 Å². The Morgan fingerprint density at radius 3 is 2.74 bits per heavy atom. The third-order valence-electron chi connectivity index (χ3n) is 4.98. The Balaban J connectivity index is 2.07. The van der Waals surface area contributed by atoms with Crippen LogP contribution in [0.1, 0.15) is 24.0 Å². The van der Waals surface area contributed by atoms with Gasteiger partial charge in [-0.15, -0.1) is 0 Å². The molecule has 1 aromatic carbocycles. The summed E-state index contributed by atoms with van der Waals surface area (Å²) in [6.45, 7) is 1.87. The van der Waals surface area contributed by atoms with Crippen molar-refractivity contribution in [3.05, 3.63) is 72.7 Å². The van der Waals surface area contributed by atoms with Crippen LogP contribution in [0.4, 0.5) is 5.82 Å². The molecule has 0 saturated carbocycles. The SMILES string of the molecule is Cn1c(=O)cc(N2CCC[C@@H](N=[N+]=[N-])C2)n(Cc2ccccc2CN)c1=O. The molecule has 1 saturated heterocycles. The number of piperidine rings is 1. The smallest absolute Gasteiger partial charge is 0.332 e. The molecule has 2 N–H and O–H groups in total. The molecule has 2 heterocycles. The van der Waals surface area contributed by atoms with E-state index in [-0.39, 0.29) is 17.3 Å². The van der Waals surface area contributed by atoms with Crippen molar-refractivity contribution in [1.29, 1.82) is 0 Å². The number of anilines is 1. The maximum atomic E-state index is 12.9. The van der Waals surface area contributed by atoms with Gasteiger partial charge in [0, 0.05) is 37.7 Å². The van der Waals surface area contributed by atoms with Crippen LogP contribution in [0.5, 0.6) is 0 Å². The van der Waals surface area contributed by atoms with E-state index < -0.39 is 0 Å². The highest BCUT2D eigenvalue weighted by Crippen LogP contribution is 2.21. The zero-order valence-electron chi connectivity index (χ0n) is 15.3. The van der Waals surface area contributed by atoms with Crippen LogP contribution in [0.3, 0.4) is 0 Å². The molecule has 3 rings (SSSR count). The van der Waals surface area contributed by atoms with E-state index in [9.17, 15) is 9.59 Å². The van der Waals surface area contributed by atoms with Crippen molar-refractivity contribution in [2.75, 3.05) is 18.0 Å². The summed E-state index contributed by atoms with van der Waals surface area (Å²) in [5, 5.41) is 3.81. The van der Waals surface area contributed by atoms with Gasteiger partial charge in [0.15, 0.2) is 0 Å². The first kappa shape index (κ1) is 18.8. The Labute approximate surface area is 156 Å². The third kappa shape index (κ3) is 3.89. The van der Waals surface area contributed by atoms with Crippen LogP contribution in [0.25, 0.3) is 10.4 Å².